The van der Waals surface area contributed by atoms with Gasteiger partial charge >= 0.3 is 0 Å². The minimum absolute atomic E-state index is 0.0548. The lowest BCUT2D eigenvalue weighted by Crippen LogP contribution is -2.33. The summed E-state index contributed by atoms with van der Waals surface area (Å²) in [5.74, 6) is -0.190. The van der Waals surface area contributed by atoms with E-state index in [4.69, 9.17) is 0 Å². The SMILES string of the molecule is CC1Cc2ccccc2N1CCCNC(=O)CCc1ccc(F)cc1. The van der Waals surface area contributed by atoms with Crippen molar-refractivity contribution in [1.82, 2.24) is 5.32 Å². The minimum Gasteiger partial charge on any atom is -0.368 e. The Morgan fingerprint density at radius 2 is 1.96 bits per heavy atom. The Morgan fingerprint density at radius 1 is 1.20 bits per heavy atom. The van der Waals surface area contributed by atoms with Crippen LogP contribution in [0.5, 0.6) is 0 Å². The van der Waals surface area contributed by atoms with Gasteiger partial charge in [0.15, 0.2) is 0 Å². The number of carbonyl (C=O) groups is 1. The van der Waals surface area contributed by atoms with Crippen molar-refractivity contribution in [1.29, 1.82) is 0 Å². The van der Waals surface area contributed by atoms with Crippen LogP contribution >= 0.6 is 0 Å². The summed E-state index contributed by atoms with van der Waals surface area (Å²) in [5.41, 5.74) is 3.73. The molecule has 0 spiro atoms. The summed E-state index contributed by atoms with van der Waals surface area (Å²) >= 11 is 0. The normalized spacial score (nSPS) is 15.9. The number of rotatable bonds is 7. The molecule has 0 bridgehead atoms. The molecule has 3 nitrogen and oxygen atoms in total. The topological polar surface area (TPSA) is 32.3 Å². The van der Waals surface area contributed by atoms with E-state index < -0.39 is 0 Å². The van der Waals surface area contributed by atoms with Crippen LogP contribution in [-0.2, 0) is 17.6 Å². The summed E-state index contributed by atoms with van der Waals surface area (Å²) in [6.45, 7) is 3.89. The Hall–Kier alpha value is -2.36. The Labute approximate surface area is 148 Å². The molecule has 3 rings (SSSR count). The van der Waals surface area contributed by atoms with Crippen molar-refractivity contribution in [3.05, 3.63) is 65.5 Å². The molecule has 0 radical (unpaired) electrons. The van der Waals surface area contributed by atoms with Crippen molar-refractivity contribution in [2.75, 3.05) is 18.0 Å². The zero-order chi connectivity index (χ0) is 17.6. The summed E-state index contributed by atoms with van der Waals surface area (Å²) in [5, 5.41) is 2.99. The molecule has 1 N–H and O–H groups in total. The summed E-state index contributed by atoms with van der Waals surface area (Å²) in [7, 11) is 0. The van der Waals surface area contributed by atoms with Gasteiger partial charge < -0.3 is 10.2 Å². The number of amides is 1. The molecular weight excluding hydrogens is 315 g/mol. The number of carbonyl (C=O) groups excluding carboxylic acids is 1. The van der Waals surface area contributed by atoms with Crippen molar-refractivity contribution in [3.8, 4) is 0 Å². The average molecular weight is 340 g/mol. The fraction of sp³-hybridized carbons (Fsp3) is 0.381. The summed E-state index contributed by atoms with van der Waals surface area (Å²) in [6.07, 6.45) is 3.11. The van der Waals surface area contributed by atoms with Crippen LogP contribution in [0.15, 0.2) is 48.5 Å². The molecule has 1 aliphatic heterocycles. The van der Waals surface area contributed by atoms with Crippen LogP contribution < -0.4 is 10.2 Å². The molecule has 0 aliphatic carbocycles. The van der Waals surface area contributed by atoms with Gasteiger partial charge in [-0.3, -0.25) is 4.79 Å². The first-order chi connectivity index (χ1) is 12.1. The van der Waals surface area contributed by atoms with Crippen LogP contribution in [0.4, 0.5) is 10.1 Å². The number of para-hydroxylation sites is 1. The van der Waals surface area contributed by atoms with Crippen LogP contribution in [0.25, 0.3) is 0 Å². The number of halogens is 1. The zero-order valence-corrected chi connectivity index (χ0v) is 14.7. The molecule has 1 aliphatic rings. The molecule has 2 aromatic rings. The lowest BCUT2D eigenvalue weighted by molar-refractivity contribution is -0.121. The van der Waals surface area contributed by atoms with E-state index in [1.54, 1.807) is 12.1 Å². The second kappa shape index (κ2) is 8.15. The van der Waals surface area contributed by atoms with Crippen LogP contribution in [0.1, 0.15) is 30.9 Å². The molecule has 0 saturated carbocycles. The standard InChI is InChI=1S/C21H25FN2O/c1-16-15-18-5-2-3-6-20(18)24(16)14-4-13-23-21(25)12-9-17-7-10-19(22)11-8-17/h2-3,5-8,10-11,16H,4,9,12-15H2,1H3,(H,23,25). The first kappa shape index (κ1) is 17.5. The molecule has 0 aromatic heterocycles. The Morgan fingerprint density at radius 3 is 2.76 bits per heavy atom. The van der Waals surface area contributed by atoms with E-state index >= 15 is 0 Å². The van der Waals surface area contributed by atoms with E-state index in [0.717, 1.165) is 24.9 Å². The van der Waals surface area contributed by atoms with Gasteiger partial charge in [-0.15, -0.1) is 0 Å². The third-order valence-corrected chi connectivity index (χ3v) is 4.80. The highest BCUT2D eigenvalue weighted by Gasteiger charge is 2.24. The maximum absolute atomic E-state index is 12.9. The van der Waals surface area contributed by atoms with Crippen LogP contribution in [0.2, 0.25) is 0 Å². The molecule has 25 heavy (non-hydrogen) atoms. The number of nitrogens with zero attached hydrogens (tertiary/aromatic N) is 1. The molecule has 1 heterocycles. The number of hydrogen-bond acceptors (Lipinski definition) is 2. The lowest BCUT2D eigenvalue weighted by atomic mass is 10.1. The van der Waals surface area contributed by atoms with Gasteiger partial charge in [0, 0.05) is 31.2 Å². The minimum atomic E-state index is -0.245. The molecule has 4 heteroatoms. The third-order valence-electron chi connectivity index (χ3n) is 4.80. The van der Waals surface area contributed by atoms with E-state index in [9.17, 15) is 9.18 Å². The van der Waals surface area contributed by atoms with Crippen molar-refractivity contribution < 1.29 is 9.18 Å². The lowest BCUT2D eigenvalue weighted by Gasteiger charge is -2.24. The first-order valence-corrected chi connectivity index (χ1v) is 8.99. The average Bonchev–Trinajstić information content (AvgIpc) is 2.93. The number of anilines is 1. The quantitative estimate of drug-likeness (QED) is 0.779. The molecule has 1 amide bonds. The zero-order valence-electron chi connectivity index (χ0n) is 14.7. The Bertz CT molecular complexity index is 714. The van der Waals surface area contributed by atoms with Gasteiger partial charge in [0.1, 0.15) is 5.82 Å². The number of benzene rings is 2. The first-order valence-electron chi connectivity index (χ1n) is 8.99. The number of nitrogens with one attached hydrogen (secondary N) is 1. The second-order valence-corrected chi connectivity index (χ2v) is 6.71. The molecule has 0 fully saturated rings. The van der Waals surface area contributed by atoms with Crippen molar-refractivity contribution in [3.63, 3.8) is 0 Å². The van der Waals surface area contributed by atoms with E-state index in [2.05, 4.69) is 41.4 Å². The molecule has 1 unspecified atom stereocenters. The monoisotopic (exact) mass is 340 g/mol. The largest absolute Gasteiger partial charge is 0.368 e. The molecule has 1 atom stereocenters. The van der Waals surface area contributed by atoms with Crippen LogP contribution in [0.3, 0.4) is 0 Å². The maximum Gasteiger partial charge on any atom is 0.220 e. The number of fused-ring (bicyclic) bond motifs is 1. The van der Waals surface area contributed by atoms with Crippen LogP contribution in [-0.4, -0.2) is 25.0 Å². The Kier molecular flexibility index (Phi) is 5.69. The van der Waals surface area contributed by atoms with Gasteiger partial charge in [-0.1, -0.05) is 30.3 Å². The van der Waals surface area contributed by atoms with Crippen molar-refractivity contribution in [2.24, 2.45) is 0 Å². The van der Waals surface area contributed by atoms with Gasteiger partial charge in [-0.25, -0.2) is 4.39 Å². The highest BCUT2D eigenvalue weighted by Crippen LogP contribution is 2.31. The van der Waals surface area contributed by atoms with Crippen molar-refractivity contribution >= 4 is 11.6 Å². The smallest absolute Gasteiger partial charge is 0.220 e. The Balaban J connectivity index is 1.37. The fourth-order valence-electron chi connectivity index (χ4n) is 3.44. The number of aryl methyl sites for hydroxylation is 1. The second-order valence-electron chi connectivity index (χ2n) is 6.71. The molecule has 2 aromatic carbocycles. The summed E-state index contributed by atoms with van der Waals surface area (Å²) in [4.78, 5) is 14.4. The molecular formula is C21H25FN2O. The molecule has 132 valence electrons. The van der Waals surface area contributed by atoms with Gasteiger partial charge in [-0.05, 0) is 55.5 Å². The number of hydrogen-bond donors (Lipinski definition) is 1. The highest BCUT2D eigenvalue weighted by molar-refractivity contribution is 5.76. The van der Waals surface area contributed by atoms with Crippen LogP contribution in [0, 0.1) is 5.82 Å². The fourth-order valence-corrected chi connectivity index (χ4v) is 3.44. The predicted octanol–water partition coefficient (Wildman–Crippen LogP) is 3.72. The highest BCUT2D eigenvalue weighted by atomic mass is 19.1. The van der Waals surface area contributed by atoms with Gasteiger partial charge in [0.2, 0.25) is 5.91 Å². The summed E-state index contributed by atoms with van der Waals surface area (Å²) < 4.78 is 12.9. The predicted molar refractivity (Wildman–Crippen MR) is 99.3 cm³/mol. The van der Waals surface area contributed by atoms with Gasteiger partial charge in [0.05, 0.1) is 0 Å². The maximum atomic E-state index is 12.9. The molecule has 0 saturated heterocycles. The van der Waals surface area contributed by atoms with Crippen molar-refractivity contribution in [2.45, 2.75) is 38.6 Å². The van der Waals surface area contributed by atoms with Gasteiger partial charge in [-0.2, -0.15) is 0 Å². The van der Waals surface area contributed by atoms with Gasteiger partial charge in [0.25, 0.3) is 0 Å². The summed E-state index contributed by atoms with van der Waals surface area (Å²) in [6, 6.07) is 15.4. The van der Waals surface area contributed by atoms with E-state index in [-0.39, 0.29) is 11.7 Å². The third kappa shape index (κ3) is 4.59. The van der Waals surface area contributed by atoms with E-state index in [0.29, 0.717) is 25.4 Å². The van der Waals surface area contributed by atoms with E-state index in [1.165, 1.54) is 23.4 Å². The van der Waals surface area contributed by atoms with E-state index in [1.807, 2.05) is 0 Å².